The van der Waals surface area contributed by atoms with Crippen LogP contribution in [0.1, 0.15) is 75.6 Å². The lowest BCUT2D eigenvalue weighted by Crippen LogP contribution is -2.57. The summed E-state index contributed by atoms with van der Waals surface area (Å²) in [5.74, 6) is 1.31. The summed E-state index contributed by atoms with van der Waals surface area (Å²) >= 11 is 0. The molecule has 1 saturated heterocycles. The lowest BCUT2D eigenvalue weighted by atomic mass is 9.79. The van der Waals surface area contributed by atoms with Gasteiger partial charge in [0.25, 0.3) is 5.56 Å². The van der Waals surface area contributed by atoms with Crippen molar-refractivity contribution in [1.82, 2.24) is 9.13 Å². The van der Waals surface area contributed by atoms with E-state index in [0.717, 1.165) is 31.4 Å². The Labute approximate surface area is 365 Å². The molecule has 1 aliphatic rings. The Morgan fingerprint density at radius 3 is 1.73 bits per heavy atom. The third-order valence-electron chi connectivity index (χ3n) is 12.5. The monoisotopic (exact) mass is 866 g/mol. The topological polar surface area (TPSA) is 140 Å². The second kappa shape index (κ2) is 19.7. The molecule has 1 aromatic heterocycles. The molecule has 0 amide bonds. The average molecular weight is 867 g/mol. The average Bonchev–Trinajstić information content (AvgIpc) is 3.52. The summed E-state index contributed by atoms with van der Waals surface area (Å²) in [6.07, 6.45) is -3.34. The third-order valence-corrected chi connectivity index (χ3v) is 18.5. The summed E-state index contributed by atoms with van der Waals surface area (Å²) in [4.78, 5) is 27.7. The van der Waals surface area contributed by atoms with Crippen LogP contribution < -0.4 is 20.7 Å². The Balaban J connectivity index is 1.49. The summed E-state index contributed by atoms with van der Waals surface area (Å²) in [5, 5.41) is 24.6. The first-order valence-electron chi connectivity index (χ1n) is 21.3. The van der Waals surface area contributed by atoms with Crippen LogP contribution in [0.4, 0.5) is 0 Å². The van der Waals surface area contributed by atoms with Gasteiger partial charge in [0.2, 0.25) is 0 Å². The quantitative estimate of drug-likeness (QED) is 0.0627. The smallest absolute Gasteiger partial charge is 0.335 e. The van der Waals surface area contributed by atoms with Gasteiger partial charge in [-0.15, -0.1) is 0 Å². The van der Waals surface area contributed by atoms with Crippen LogP contribution in [-0.2, 0) is 37.6 Å². The van der Waals surface area contributed by atoms with Gasteiger partial charge in [-0.1, -0.05) is 126 Å². The minimum absolute atomic E-state index is 0.161. The molecule has 1 aliphatic heterocycles. The Hall–Kier alpha value is -4.86. The summed E-state index contributed by atoms with van der Waals surface area (Å²) < 4.78 is 40.6. The van der Waals surface area contributed by atoms with E-state index >= 15 is 0 Å². The number of benzene rings is 4. The van der Waals surface area contributed by atoms with Crippen LogP contribution >= 0.6 is 0 Å². The van der Waals surface area contributed by atoms with Crippen LogP contribution in [0.5, 0.6) is 11.5 Å². The minimum Gasteiger partial charge on any atom is -0.497 e. The van der Waals surface area contributed by atoms with E-state index in [1.165, 1.54) is 6.20 Å². The van der Waals surface area contributed by atoms with Crippen LogP contribution in [0, 0.1) is 6.92 Å². The molecule has 2 heterocycles. The van der Waals surface area contributed by atoms with Gasteiger partial charge in [0.05, 0.1) is 34.0 Å². The number of hydrogen-bond acceptors (Lipinski definition) is 10. The molecule has 0 bridgehead atoms. The lowest BCUT2D eigenvalue weighted by molar-refractivity contribution is -0.176. The molecule has 0 aliphatic carbocycles. The number of aryl methyl sites for hydroxylation is 1. The zero-order chi connectivity index (χ0) is 44.8. The Morgan fingerprint density at radius 2 is 1.23 bits per heavy atom. The molecular weight excluding hydrogens is 805 g/mol. The number of aromatic nitrogens is 2. The van der Waals surface area contributed by atoms with Gasteiger partial charge in [-0.25, -0.2) is 9.36 Å². The number of aliphatic hydroxyl groups excluding tert-OH is 2. The van der Waals surface area contributed by atoms with Crippen molar-refractivity contribution in [2.24, 2.45) is 0 Å². The van der Waals surface area contributed by atoms with Crippen LogP contribution in [0.25, 0.3) is 0 Å². The number of methoxy groups -OCH3 is 2. The van der Waals surface area contributed by atoms with Gasteiger partial charge in [0, 0.05) is 11.8 Å². The van der Waals surface area contributed by atoms with E-state index < -0.39 is 49.2 Å². The van der Waals surface area contributed by atoms with Gasteiger partial charge >= 0.3 is 5.69 Å². The second-order valence-electron chi connectivity index (χ2n) is 17.1. The number of nitrogens with zero attached hydrogens (tertiary/aromatic N) is 2. The molecular formula is C49H62N2O10Si. The fourth-order valence-electron chi connectivity index (χ4n) is 9.28. The van der Waals surface area contributed by atoms with Crippen molar-refractivity contribution in [1.29, 1.82) is 0 Å². The molecule has 0 radical (unpaired) electrons. The van der Waals surface area contributed by atoms with E-state index in [9.17, 15) is 19.8 Å². The molecule has 5 aromatic rings. The highest BCUT2D eigenvalue weighted by atomic mass is 28.4. The SMILES string of the molecule is COc1ccc(C(OC[C@@]2(CO[Si](C(C)C)(C(C)C)C(C)C)O[C@@H](n3cc(C)c(=O)n(COCc4ccccc4)c3=O)[C@H](O)[C@@H]2O)(c2ccccc2)c2ccc(OC)cc2)cc1. The maximum absolute atomic E-state index is 14.3. The van der Waals surface area contributed by atoms with Gasteiger partial charge in [-0.05, 0) is 70.1 Å². The van der Waals surface area contributed by atoms with Crippen molar-refractivity contribution in [3.8, 4) is 11.5 Å². The van der Waals surface area contributed by atoms with E-state index in [-0.39, 0.29) is 48.7 Å². The van der Waals surface area contributed by atoms with Gasteiger partial charge in [-0.2, -0.15) is 0 Å². The van der Waals surface area contributed by atoms with Gasteiger partial charge in [-0.3, -0.25) is 9.36 Å². The maximum atomic E-state index is 14.3. The molecule has 6 rings (SSSR count). The van der Waals surface area contributed by atoms with Crippen molar-refractivity contribution < 1.29 is 38.3 Å². The Bertz CT molecular complexity index is 2260. The second-order valence-corrected chi connectivity index (χ2v) is 22.6. The van der Waals surface area contributed by atoms with E-state index in [2.05, 4.69) is 41.5 Å². The minimum atomic E-state index is -2.65. The van der Waals surface area contributed by atoms with E-state index in [0.29, 0.717) is 11.5 Å². The lowest BCUT2D eigenvalue weighted by Gasteiger charge is -2.46. The van der Waals surface area contributed by atoms with Crippen molar-refractivity contribution in [2.45, 2.75) is 108 Å². The summed E-state index contributed by atoms with van der Waals surface area (Å²) in [6, 6.07) is 34.3. The molecule has 12 nitrogen and oxygen atoms in total. The molecule has 1 fully saturated rings. The van der Waals surface area contributed by atoms with Crippen LogP contribution in [0.15, 0.2) is 125 Å². The van der Waals surface area contributed by atoms with Gasteiger partial charge in [0.1, 0.15) is 41.6 Å². The number of rotatable bonds is 19. The highest BCUT2D eigenvalue weighted by molar-refractivity contribution is 6.77. The Kier molecular flexibility index (Phi) is 14.8. The third kappa shape index (κ3) is 8.98. The predicted molar refractivity (Wildman–Crippen MR) is 241 cm³/mol. The first-order chi connectivity index (χ1) is 29.6. The van der Waals surface area contributed by atoms with Crippen LogP contribution in [0.2, 0.25) is 16.6 Å². The van der Waals surface area contributed by atoms with Crippen molar-refractivity contribution in [3.05, 3.63) is 164 Å². The van der Waals surface area contributed by atoms with E-state index in [4.69, 9.17) is 28.1 Å². The molecule has 332 valence electrons. The first kappa shape index (κ1) is 46.6. The molecule has 4 aromatic carbocycles. The van der Waals surface area contributed by atoms with E-state index in [1.54, 1.807) is 21.1 Å². The molecule has 0 unspecified atom stereocenters. The highest BCUT2D eigenvalue weighted by Crippen LogP contribution is 2.48. The maximum Gasteiger partial charge on any atom is 0.335 e. The predicted octanol–water partition coefficient (Wildman–Crippen LogP) is 7.70. The summed E-state index contributed by atoms with van der Waals surface area (Å²) in [5.41, 5.74) is -0.487. The summed E-state index contributed by atoms with van der Waals surface area (Å²) in [7, 11) is 0.564. The molecule has 0 saturated carbocycles. The van der Waals surface area contributed by atoms with Crippen molar-refractivity contribution in [2.75, 3.05) is 27.4 Å². The standard InChI is InChI=1S/C49H62N2O10Si/c1-33(2)62(34(3)4,35(5)6)60-31-48(44(53)43(52)46(61-48)50-28-36(7)45(54)51(47(50)55)32-58-29-37-16-12-10-13-17-37)30-59-49(38-18-14-11-15-19-38,39-20-24-41(56-8)25-21-39)40-22-26-42(57-9)27-23-40/h10-28,33-35,43-44,46,52-53H,29-32H2,1-9H3/t43-,44+,46-,48+/m1/s1. The molecule has 13 heteroatoms. The van der Waals surface area contributed by atoms with Crippen molar-refractivity contribution in [3.63, 3.8) is 0 Å². The van der Waals surface area contributed by atoms with Gasteiger partial charge < -0.3 is 38.3 Å². The van der Waals surface area contributed by atoms with Crippen LogP contribution in [-0.4, -0.2) is 72.9 Å². The fourth-order valence-corrected chi connectivity index (χ4v) is 14.8. The van der Waals surface area contributed by atoms with E-state index in [1.807, 2.05) is 109 Å². The molecule has 0 spiro atoms. The summed E-state index contributed by atoms with van der Waals surface area (Å²) in [6.45, 7) is 13.9. The highest BCUT2D eigenvalue weighted by Gasteiger charge is 2.59. The molecule has 2 N–H and O–H groups in total. The van der Waals surface area contributed by atoms with Gasteiger partial charge in [0.15, 0.2) is 14.5 Å². The molecule has 4 atom stereocenters. The number of hydrogen-bond donors (Lipinski definition) is 2. The largest absolute Gasteiger partial charge is 0.497 e. The normalized spacial score (nSPS) is 19.4. The number of aliphatic hydroxyl groups is 2. The Morgan fingerprint density at radius 1 is 0.726 bits per heavy atom. The molecule has 62 heavy (non-hydrogen) atoms. The zero-order valence-electron chi connectivity index (χ0n) is 37.3. The number of ether oxygens (including phenoxy) is 5. The van der Waals surface area contributed by atoms with Crippen LogP contribution in [0.3, 0.4) is 0 Å². The fraction of sp³-hybridized carbons (Fsp3) is 0.429. The first-order valence-corrected chi connectivity index (χ1v) is 23.4. The van der Waals surface area contributed by atoms with Crippen molar-refractivity contribution >= 4 is 8.32 Å². The zero-order valence-corrected chi connectivity index (χ0v) is 38.3.